The fourth-order valence-electron chi connectivity index (χ4n) is 3.84. The number of methoxy groups -OCH3 is 1. The Bertz CT molecular complexity index is 1380. The van der Waals surface area contributed by atoms with Crippen molar-refractivity contribution < 1.29 is 24.2 Å². The highest BCUT2D eigenvalue weighted by molar-refractivity contribution is 6.09. The van der Waals surface area contributed by atoms with E-state index in [2.05, 4.69) is 27.8 Å². The van der Waals surface area contributed by atoms with Gasteiger partial charge in [-0.2, -0.15) is 0 Å². The molecular formula is C25H22N4O5. The summed E-state index contributed by atoms with van der Waals surface area (Å²) in [7, 11) is 1.53. The Labute approximate surface area is 195 Å². The molecule has 9 heteroatoms. The number of amides is 4. The fourth-order valence-corrected chi connectivity index (χ4v) is 3.84. The molecule has 0 spiro atoms. The van der Waals surface area contributed by atoms with Crippen molar-refractivity contribution in [1.29, 1.82) is 0 Å². The van der Waals surface area contributed by atoms with E-state index in [1.54, 1.807) is 48.7 Å². The number of nitrogens with zero attached hydrogens (tertiary/aromatic N) is 1. The summed E-state index contributed by atoms with van der Waals surface area (Å²) in [6.45, 7) is -0.109. The van der Waals surface area contributed by atoms with Gasteiger partial charge in [-0.1, -0.05) is 11.8 Å². The zero-order valence-electron chi connectivity index (χ0n) is 18.3. The molecule has 34 heavy (non-hydrogen) atoms. The van der Waals surface area contributed by atoms with Crippen LogP contribution < -0.4 is 20.7 Å². The van der Waals surface area contributed by atoms with E-state index in [0.29, 0.717) is 22.3 Å². The molecule has 1 atom stereocenters. The summed E-state index contributed by atoms with van der Waals surface area (Å²) in [5.74, 6) is 5.55. The van der Waals surface area contributed by atoms with E-state index in [9.17, 15) is 19.5 Å². The van der Waals surface area contributed by atoms with E-state index >= 15 is 0 Å². The number of nitrogens with one attached hydrogen (secondary N) is 3. The average Bonchev–Trinajstić information content (AvgIpc) is 3.53. The Balaban J connectivity index is 1.44. The lowest BCUT2D eigenvalue weighted by Gasteiger charge is -2.20. The van der Waals surface area contributed by atoms with Gasteiger partial charge in [-0.05, 0) is 55.3 Å². The lowest BCUT2D eigenvalue weighted by atomic mass is 9.99. The summed E-state index contributed by atoms with van der Waals surface area (Å²) in [6.07, 6.45) is 3.69. The third-order valence-electron chi connectivity index (χ3n) is 5.90. The number of imide groups is 1. The number of aromatic nitrogens is 1. The van der Waals surface area contributed by atoms with E-state index in [1.165, 1.54) is 11.7 Å². The second-order valence-electron chi connectivity index (χ2n) is 8.42. The Morgan fingerprint density at radius 2 is 2.00 bits per heavy atom. The largest absolute Gasteiger partial charge is 0.497 e. The maximum absolute atomic E-state index is 12.7. The predicted molar refractivity (Wildman–Crippen MR) is 123 cm³/mol. The number of carbonyl (C=O) groups excluding carboxylic acids is 3. The number of ether oxygens (including phenoxy) is 1. The van der Waals surface area contributed by atoms with Gasteiger partial charge in [0, 0.05) is 34.1 Å². The lowest BCUT2D eigenvalue weighted by Crippen LogP contribution is -2.49. The van der Waals surface area contributed by atoms with Crippen molar-refractivity contribution in [2.45, 2.75) is 31.0 Å². The smallest absolute Gasteiger partial charge is 0.323 e. The van der Waals surface area contributed by atoms with Gasteiger partial charge in [-0.15, -0.1) is 0 Å². The highest BCUT2D eigenvalue weighted by Gasteiger charge is 2.46. The van der Waals surface area contributed by atoms with Crippen molar-refractivity contribution in [3.8, 4) is 23.5 Å². The molecule has 1 aliphatic carbocycles. The van der Waals surface area contributed by atoms with Crippen molar-refractivity contribution in [2.75, 3.05) is 7.11 Å². The fraction of sp³-hybridized carbons (Fsp3) is 0.240. The molecule has 0 radical (unpaired) electrons. The molecule has 172 valence electrons. The Morgan fingerprint density at radius 1 is 1.24 bits per heavy atom. The van der Waals surface area contributed by atoms with Crippen molar-refractivity contribution >= 4 is 28.6 Å². The first-order valence-electron chi connectivity index (χ1n) is 10.8. The number of benzene rings is 2. The molecule has 1 saturated carbocycles. The maximum Gasteiger partial charge on any atom is 0.323 e. The summed E-state index contributed by atoms with van der Waals surface area (Å²) < 4.78 is 6.68. The Morgan fingerprint density at radius 3 is 2.65 bits per heavy atom. The average molecular weight is 458 g/mol. The van der Waals surface area contributed by atoms with Gasteiger partial charge in [0.05, 0.1) is 13.7 Å². The summed E-state index contributed by atoms with van der Waals surface area (Å²) in [5, 5.41) is 19.8. The SMILES string of the molecule is COc1ccc2cn(C[C@@]3(C#Cc4ccc(C(=O)NC5CC5)cc4)NC(=O)NC3=O)c(O)c2c1. The van der Waals surface area contributed by atoms with Crippen LogP contribution in [0.1, 0.15) is 28.8 Å². The first-order chi connectivity index (χ1) is 16.4. The molecule has 0 bridgehead atoms. The van der Waals surface area contributed by atoms with Crippen molar-refractivity contribution in [3.63, 3.8) is 0 Å². The van der Waals surface area contributed by atoms with Crippen LogP contribution in [0.5, 0.6) is 11.6 Å². The quantitative estimate of drug-likeness (QED) is 0.344. The van der Waals surface area contributed by atoms with Gasteiger partial charge in [0.1, 0.15) is 5.75 Å². The zero-order valence-corrected chi connectivity index (χ0v) is 18.3. The number of hydrogen-bond acceptors (Lipinski definition) is 5. The van der Waals surface area contributed by atoms with E-state index in [0.717, 1.165) is 18.2 Å². The molecule has 1 aromatic heterocycles. The number of carbonyl (C=O) groups is 3. The number of urea groups is 1. The minimum absolute atomic E-state index is 0.0740. The van der Waals surface area contributed by atoms with Crippen LogP contribution in [0, 0.1) is 11.8 Å². The van der Waals surface area contributed by atoms with Gasteiger partial charge in [0.2, 0.25) is 5.54 Å². The van der Waals surface area contributed by atoms with Gasteiger partial charge in [0.15, 0.2) is 5.88 Å². The second kappa shape index (κ2) is 8.15. The molecule has 2 heterocycles. The third kappa shape index (κ3) is 4.01. The van der Waals surface area contributed by atoms with Gasteiger partial charge in [-0.25, -0.2) is 4.79 Å². The molecule has 9 nitrogen and oxygen atoms in total. The van der Waals surface area contributed by atoms with Crippen LogP contribution in [0.25, 0.3) is 10.8 Å². The van der Waals surface area contributed by atoms with Gasteiger partial charge in [0.25, 0.3) is 11.8 Å². The standard InChI is InChI=1S/C25H22N4O5/c1-34-19-9-6-17-13-29(22(31)20(17)12-19)14-25(23(32)27-24(33)28-25)11-10-15-2-4-16(5-3-15)21(30)26-18-7-8-18/h2-6,9,12-13,18,31H,7-8,14H2,1H3,(H,26,30)(H2,27,28,32,33)/t25-/m1/s1. The van der Waals surface area contributed by atoms with Crippen molar-refractivity contribution in [3.05, 3.63) is 59.8 Å². The highest BCUT2D eigenvalue weighted by atomic mass is 16.5. The minimum Gasteiger partial charge on any atom is -0.497 e. The summed E-state index contributed by atoms with van der Waals surface area (Å²) in [6, 6.07) is 11.5. The molecular weight excluding hydrogens is 436 g/mol. The van der Waals surface area contributed by atoms with E-state index in [1.807, 2.05) is 0 Å². The van der Waals surface area contributed by atoms with Crippen LogP contribution in [0.4, 0.5) is 4.79 Å². The molecule has 2 aliphatic rings. The van der Waals surface area contributed by atoms with Crippen LogP contribution in [-0.2, 0) is 11.3 Å². The summed E-state index contributed by atoms with van der Waals surface area (Å²) in [4.78, 5) is 36.9. The van der Waals surface area contributed by atoms with Gasteiger partial charge in [-0.3, -0.25) is 14.9 Å². The molecule has 3 aromatic rings. The molecule has 1 saturated heterocycles. The van der Waals surface area contributed by atoms with Gasteiger partial charge < -0.3 is 25.0 Å². The Kier molecular flexibility index (Phi) is 5.13. The molecule has 1 aliphatic heterocycles. The maximum atomic E-state index is 12.7. The number of rotatable bonds is 5. The van der Waals surface area contributed by atoms with Crippen LogP contribution in [0.15, 0.2) is 48.7 Å². The molecule has 2 fully saturated rings. The van der Waals surface area contributed by atoms with Crippen LogP contribution in [0.3, 0.4) is 0 Å². The first kappa shape index (κ1) is 21.4. The number of aromatic hydroxyl groups is 1. The van der Waals surface area contributed by atoms with Crippen molar-refractivity contribution in [2.24, 2.45) is 0 Å². The predicted octanol–water partition coefficient (Wildman–Crippen LogP) is 1.88. The molecule has 5 rings (SSSR count). The van der Waals surface area contributed by atoms with Crippen LogP contribution in [-0.4, -0.2) is 46.2 Å². The number of hydrogen-bond donors (Lipinski definition) is 4. The number of fused-ring (bicyclic) bond motifs is 1. The van der Waals surface area contributed by atoms with Crippen LogP contribution >= 0.6 is 0 Å². The zero-order chi connectivity index (χ0) is 23.9. The first-order valence-corrected chi connectivity index (χ1v) is 10.8. The van der Waals surface area contributed by atoms with E-state index in [4.69, 9.17) is 4.74 Å². The molecule has 2 aromatic carbocycles. The Hall–Kier alpha value is -4.45. The molecule has 4 N–H and O–H groups in total. The lowest BCUT2D eigenvalue weighted by molar-refractivity contribution is -0.122. The van der Waals surface area contributed by atoms with Crippen molar-refractivity contribution in [1.82, 2.24) is 20.5 Å². The topological polar surface area (TPSA) is 122 Å². The van der Waals surface area contributed by atoms with E-state index < -0.39 is 17.5 Å². The highest BCUT2D eigenvalue weighted by Crippen LogP contribution is 2.32. The van der Waals surface area contributed by atoms with Gasteiger partial charge >= 0.3 is 6.03 Å². The third-order valence-corrected chi connectivity index (χ3v) is 5.90. The second-order valence-corrected chi connectivity index (χ2v) is 8.42. The normalized spacial score (nSPS) is 19.2. The van der Waals surface area contributed by atoms with Crippen LogP contribution in [0.2, 0.25) is 0 Å². The van der Waals surface area contributed by atoms with E-state index in [-0.39, 0.29) is 24.4 Å². The minimum atomic E-state index is -1.59. The monoisotopic (exact) mass is 458 g/mol. The molecule has 0 unspecified atom stereocenters. The summed E-state index contributed by atoms with van der Waals surface area (Å²) in [5.41, 5.74) is -0.489. The molecule has 4 amide bonds. The summed E-state index contributed by atoms with van der Waals surface area (Å²) >= 11 is 0.